The fourth-order valence-corrected chi connectivity index (χ4v) is 7.12. The summed E-state index contributed by atoms with van der Waals surface area (Å²) in [7, 11) is 5.75. The molecule has 3 fully saturated rings. The van der Waals surface area contributed by atoms with Crippen molar-refractivity contribution in [1.82, 2.24) is 19.4 Å². The van der Waals surface area contributed by atoms with E-state index in [2.05, 4.69) is 39.8 Å². The average molecular weight is 643 g/mol. The highest BCUT2D eigenvalue weighted by molar-refractivity contribution is 6.31. The molecule has 46 heavy (non-hydrogen) atoms. The molecule has 1 aromatic carbocycles. The van der Waals surface area contributed by atoms with Crippen molar-refractivity contribution in [3.63, 3.8) is 0 Å². The third-order valence-electron chi connectivity index (χ3n) is 10.1. The molecule has 2 atom stereocenters. The molecule has 11 heteroatoms. The lowest BCUT2D eigenvalue weighted by Gasteiger charge is -2.43. The number of fused-ring (bicyclic) bond motifs is 1. The number of carbonyl (C=O) groups is 1. The number of anilines is 2. The number of pyridine rings is 3. The molecule has 3 aromatic heterocycles. The van der Waals surface area contributed by atoms with Crippen molar-refractivity contribution in [1.29, 1.82) is 0 Å². The number of methoxy groups -OCH3 is 1. The molecule has 2 aliphatic heterocycles. The first kappa shape index (κ1) is 30.5. The lowest BCUT2D eigenvalue weighted by Crippen LogP contribution is -2.57. The van der Waals surface area contributed by atoms with E-state index in [1.165, 1.54) is 19.3 Å². The van der Waals surface area contributed by atoms with Gasteiger partial charge in [-0.05, 0) is 68.8 Å². The molecule has 5 heterocycles. The van der Waals surface area contributed by atoms with E-state index in [1.54, 1.807) is 25.4 Å². The molecule has 2 unspecified atom stereocenters. The molecular weight excluding hydrogens is 604 g/mol. The summed E-state index contributed by atoms with van der Waals surface area (Å²) in [6, 6.07) is 13.9. The van der Waals surface area contributed by atoms with Gasteiger partial charge in [-0.1, -0.05) is 30.9 Å². The number of halogens is 1. The molecule has 0 spiro atoms. The lowest BCUT2D eigenvalue weighted by atomic mass is 9.75. The number of carbonyl (C=O) groups excluding carboxylic acids is 1. The van der Waals surface area contributed by atoms with Crippen LogP contribution in [0.15, 0.2) is 59.7 Å². The highest BCUT2D eigenvalue weighted by Gasteiger charge is 2.39. The summed E-state index contributed by atoms with van der Waals surface area (Å²) >= 11 is 6.42. The molecule has 3 aliphatic rings. The maximum Gasteiger partial charge on any atom is 0.235 e. The van der Waals surface area contributed by atoms with E-state index >= 15 is 0 Å². The molecule has 2 saturated heterocycles. The van der Waals surface area contributed by atoms with Crippen LogP contribution in [0.5, 0.6) is 11.8 Å². The van der Waals surface area contributed by atoms with Crippen LogP contribution in [0.4, 0.5) is 11.5 Å². The molecule has 240 valence electrons. The molecule has 0 amide bonds. The van der Waals surface area contributed by atoms with Gasteiger partial charge in [-0.2, -0.15) is 4.98 Å². The number of hydrogen-bond donors (Lipinski definition) is 0. The van der Waals surface area contributed by atoms with E-state index in [4.69, 9.17) is 26.1 Å². The number of nitrogens with zero attached hydrogens (tertiary/aromatic N) is 6. The van der Waals surface area contributed by atoms with Gasteiger partial charge in [-0.25, -0.2) is 4.98 Å². The fraction of sp³-hybridized carbons (Fsp3) is 0.429. The fourth-order valence-electron chi connectivity index (χ4n) is 6.96. The van der Waals surface area contributed by atoms with Gasteiger partial charge in [-0.15, -0.1) is 0 Å². The van der Waals surface area contributed by atoms with Gasteiger partial charge < -0.3 is 28.7 Å². The number of likely N-dealkylation sites (N-methyl/N-ethyl adjacent to an activating group) is 1. The van der Waals surface area contributed by atoms with Gasteiger partial charge in [0, 0.05) is 49.0 Å². The molecule has 0 radical (unpaired) electrons. The van der Waals surface area contributed by atoms with Gasteiger partial charge in [0.2, 0.25) is 11.8 Å². The van der Waals surface area contributed by atoms with Crippen LogP contribution in [0.2, 0.25) is 5.02 Å². The van der Waals surface area contributed by atoms with Crippen molar-refractivity contribution >= 4 is 40.3 Å². The first-order valence-electron chi connectivity index (χ1n) is 15.9. The van der Waals surface area contributed by atoms with Crippen LogP contribution in [-0.4, -0.2) is 85.3 Å². The largest absolute Gasteiger partial charge is 0.481 e. The molecule has 7 rings (SSSR count). The van der Waals surface area contributed by atoms with Crippen molar-refractivity contribution in [2.75, 3.05) is 57.2 Å². The Labute approximate surface area is 273 Å². The van der Waals surface area contributed by atoms with Gasteiger partial charge in [0.25, 0.3) is 0 Å². The Morgan fingerprint density at radius 2 is 1.85 bits per heavy atom. The summed E-state index contributed by atoms with van der Waals surface area (Å²) in [5.41, 5.74) is 2.34. The Morgan fingerprint density at radius 3 is 2.52 bits per heavy atom. The van der Waals surface area contributed by atoms with Crippen molar-refractivity contribution in [2.45, 2.75) is 37.8 Å². The molecular formula is C35H39ClN6O4. The SMILES string of the molecule is COc1ccc(Cl)c(OCC2CC(C3CCC3)CN2c2ccc3c(=O)c(C=O)cn(-c4ccc(N5CC(N(C)C)C5)nc4)c3c2)n1. The van der Waals surface area contributed by atoms with Crippen LogP contribution < -0.4 is 24.7 Å². The monoisotopic (exact) mass is 642 g/mol. The summed E-state index contributed by atoms with van der Waals surface area (Å²) in [4.78, 5) is 41.3. The molecule has 4 aromatic rings. The molecule has 10 nitrogen and oxygen atoms in total. The van der Waals surface area contributed by atoms with Crippen molar-refractivity contribution in [3.05, 3.63) is 75.7 Å². The summed E-state index contributed by atoms with van der Waals surface area (Å²) in [5.74, 6) is 2.98. The second-order valence-electron chi connectivity index (χ2n) is 12.9. The summed E-state index contributed by atoms with van der Waals surface area (Å²) in [6.45, 7) is 3.18. The molecule has 1 aliphatic carbocycles. The van der Waals surface area contributed by atoms with Gasteiger partial charge in [-0.3, -0.25) is 9.59 Å². The van der Waals surface area contributed by atoms with E-state index in [1.807, 2.05) is 35.0 Å². The highest BCUT2D eigenvalue weighted by atomic mass is 35.5. The molecule has 0 N–H and O–H groups in total. The average Bonchev–Trinajstić information content (AvgIpc) is 3.42. The van der Waals surface area contributed by atoms with E-state index in [9.17, 15) is 9.59 Å². The minimum Gasteiger partial charge on any atom is -0.481 e. The Morgan fingerprint density at radius 1 is 1.04 bits per heavy atom. The number of aldehydes is 1. The predicted molar refractivity (Wildman–Crippen MR) is 180 cm³/mol. The smallest absolute Gasteiger partial charge is 0.235 e. The second kappa shape index (κ2) is 12.6. The van der Waals surface area contributed by atoms with Crippen LogP contribution in [0, 0.1) is 11.8 Å². The topological polar surface area (TPSA) is 93.0 Å². The standard InChI is InChI=1S/C35H39ClN6O4/c1-39(2)28-18-40(19-28)32-11-8-26(15-37-32)42-17-24(20-43)34(44)29-9-7-25(14-31(29)42)41-16-23(22-5-4-6-22)13-27(41)21-46-35-30(36)10-12-33(38-35)45-3/h7-12,14-15,17,20,22-23,27-28H,4-6,13,16,18-19,21H2,1-3H3. The van der Waals surface area contributed by atoms with Crippen molar-refractivity contribution < 1.29 is 14.3 Å². The van der Waals surface area contributed by atoms with E-state index in [-0.39, 0.29) is 17.0 Å². The van der Waals surface area contributed by atoms with Gasteiger partial charge in [0.15, 0.2) is 11.7 Å². The molecule has 1 saturated carbocycles. The van der Waals surface area contributed by atoms with Crippen LogP contribution in [0.1, 0.15) is 36.0 Å². The highest BCUT2D eigenvalue weighted by Crippen LogP contribution is 2.42. The lowest BCUT2D eigenvalue weighted by molar-refractivity contribution is 0.112. The number of rotatable bonds is 10. The van der Waals surface area contributed by atoms with Crippen molar-refractivity contribution in [2.24, 2.45) is 11.8 Å². The minimum atomic E-state index is -0.278. The normalized spacial score (nSPS) is 20.2. The maximum atomic E-state index is 13.3. The molecule has 0 bridgehead atoms. The predicted octanol–water partition coefficient (Wildman–Crippen LogP) is 5.08. The minimum absolute atomic E-state index is 0.0880. The maximum absolute atomic E-state index is 13.3. The van der Waals surface area contributed by atoms with Crippen LogP contribution >= 0.6 is 11.6 Å². The third-order valence-corrected chi connectivity index (χ3v) is 10.4. The Bertz CT molecular complexity index is 1800. The van der Waals surface area contributed by atoms with Crippen LogP contribution in [0.3, 0.4) is 0 Å². The van der Waals surface area contributed by atoms with Gasteiger partial charge in [0.05, 0.1) is 36.1 Å². The third kappa shape index (κ3) is 5.69. The second-order valence-corrected chi connectivity index (χ2v) is 13.4. The Hall–Kier alpha value is -4.15. The van der Waals surface area contributed by atoms with Crippen LogP contribution in [0.25, 0.3) is 16.6 Å². The van der Waals surface area contributed by atoms with E-state index < -0.39 is 0 Å². The zero-order valence-electron chi connectivity index (χ0n) is 26.4. The Balaban J connectivity index is 1.21. The van der Waals surface area contributed by atoms with Gasteiger partial charge >= 0.3 is 0 Å². The first-order chi connectivity index (χ1) is 22.3. The number of hydrogen-bond acceptors (Lipinski definition) is 9. The number of benzene rings is 1. The zero-order chi connectivity index (χ0) is 31.9. The number of aromatic nitrogens is 3. The van der Waals surface area contributed by atoms with Crippen LogP contribution in [-0.2, 0) is 0 Å². The van der Waals surface area contributed by atoms with E-state index in [0.717, 1.165) is 48.8 Å². The zero-order valence-corrected chi connectivity index (χ0v) is 27.2. The summed E-state index contributed by atoms with van der Waals surface area (Å²) in [5, 5.41) is 0.928. The summed E-state index contributed by atoms with van der Waals surface area (Å²) < 4.78 is 13.4. The first-order valence-corrected chi connectivity index (χ1v) is 16.3. The summed E-state index contributed by atoms with van der Waals surface area (Å²) in [6.07, 6.45) is 8.87. The van der Waals surface area contributed by atoms with Gasteiger partial charge in [0.1, 0.15) is 17.4 Å². The van der Waals surface area contributed by atoms with E-state index in [0.29, 0.717) is 52.9 Å². The Kier molecular flexibility index (Phi) is 8.33. The number of ether oxygens (including phenoxy) is 2. The van der Waals surface area contributed by atoms with Crippen molar-refractivity contribution in [3.8, 4) is 17.4 Å². The quantitative estimate of drug-likeness (QED) is 0.220.